The number of benzene rings is 1. The highest BCUT2D eigenvalue weighted by Crippen LogP contribution is 2.24. The molecule has 0 atom stereocenters. The van der Waals surface area contributed by atoms with E-state index in [0.29, 0.717) is 37.7 Å². The predicted octanol–water partition coefficient (Wildman–Crippen LogP) is 3.21. The van der Waals surface area contributed by atoms with Gasteiger partial charge in [-0.3, -0.25) is 14.4 Å². The molecule has 0 aliphatic carbocycles. The minimum absolute atomic E-state index is 0.0483. The smallest absolute Gasteiger partial charge is 0.244 e. The number of amides is 3. The Morgan fingerprint density at radius 2 is 1.89 bits per heavy atom. The van der Waals surface area contributed by atoms with Gasteiger partial charge in [-0.1, -0.05) is 18.2 Å². The van der Waals surface area contributed by atoms with Crippen LogP contribution in [0.4, 0.5) is 5.82 Å². The highest BCUT2D eigenvalue weighted by molar-refractivity contribution is 5.93. The highest BCUT2D eigenvalue weighted by Gasteiger charge is 2.24. The van der Waals surface area contributed by atoms with E-state index >= 15 is 0 Å². The molecule has 1 aromatic carbocycles. The number of rotatable bonds is 8. The van der Waals surface area contributed by atoms with Crippen molar-refractivity contribution in [3.63, 3.8) is 0 Å². The molecule has 4 rings (SSSR count). The summed E-state index contributed by atoms with van der Waals surface area (Å²) >= 11 is 0. The number of para-hydroxylation sites is 1. The van der Waals surface area contributed by atoms with Crippen LogP contribution in [0.25, 0.3) is 17.0 Å². The van der Waals surface area contributed by atoms with Crippen molar-refractivity contribution in [1.82, 2.24) is 20.2 Å². The van der Waals surface area contributed by atoms with Gasteiger partial charge in [0.2, 0.25) is 17.7 Å². The van der Waals surface area contributed by atoms with Crippen LogP contribution in [0, 0.1) is 0 Å². The van der Waals surface area contributed by atoms with Gasteiger partial charge in [0.05, 0.1) is 18.8 Å². The molecule has 9 heteroatoms. The minimum Gasteiger partial charge on any atom is -0.378 e. The van der Waals surface area contributed by atoms with Crippen molar-refractivity contribution in [2.45, 2.75) is 32.2 Å². The van der Waals surface area contributed by atoms with Gasteiger partial charge in [0, 0.05) is 49.4 Å². The number of aromatic amines is 1. The summed E-state index contributed by atoms with van der Waals surface area (Å²) < 4.78 is 5.23. The lowest BCUT2D eigenvalue weighted by Gasteiger charge is -2.26. The van der Waals surface area contributed by atoms with E-state index in [9.17, 15) is 14.4 Å². The zero-order chi connectivity index (χ0) is 25.5. The molecule has 3 N–H and O–H groups in total. The van der Waals surface area contributed by atoms with Gasteiger partial charge in [0.1, 0.15) is 5.82 Å². The first-order valence-corrected chi connectivity index (χ1v) is 12.0. The number of morpholine rings is 1. The number of nitrogens with one attached hydrogen (secondary N) is 3. The fourth-order valence-corrected chi connectivity index (χ4v) is 3.97. The molecule has 3 aromatic rings. The fourth-order valence-electron chi connectivity index (χ4n) is 3.97. The average molecular weight is 490 g/mol. The zero-order valence-electron chi connectivity index (χ0n) is 20.5. The summed E-state index contributed by atoms with van der Waals surface area (Å²) in [5.74, 6) is -0.166. The molecule has 36 heavy (non-hydrogen) atoms. The van der Waals surface area contributed by atoms with Crippen LogP contribution in [0.1, 0.15) is 37.9 Å². The Balaban J connectivity index is 1.25. The van der Waals surface area contributed by atoms with Gasteiger partial charge < -0.3 is 25.3 Å². The van der Waals surface area contributed by atoms with Crippen LogP contribution < -0.4 is 10.6 Å². The molecule has 0 spiro atoms. The number of carbonyl (C=O) groups is 3. The quantitative estimate of drug-likeness (QED) is 0.420. The Hall–Kier alpha value is -3.98. The molecular formula is C27H31N5O4. The first kappa shape index (κ1) is 25.1. The molecule has 0 unspecified atom stereocenters. The van der Waals surface area contributed by atoms with Gasteiger partial charge >= 0.3 is 0 Å². The lowest BCUT2D eigenvalue weighted by atomic mass is 10.0. The van der Waals surface area contributed by atoms with Crippen molar-refractivity contribution in [3.8, 4) is 0 Å². The second-order valence-electron chi connectivity index (χ2n) is 9.24. The van der Waals surface area contributed by atoms with Gasteiger partial charge in [-0.2, -0.15) is 0 Å². The van der Waals surface area contributed by atoms with Gasteiger partial charge in [-0.15, -0.1) is 0 Å². The number of hydrogen-bond donors (Lipinski definition) is 3. The summed E-state index contributed by atoms with van der Waals surface area (Å²) in [6, 6.07) is 13.4. The number of fused-ring (bicyclic) bond motifs is 1. The standard InChI is InChI=1S/C27H31N5O4/c1-27(2,22-17-20-5-3-4-6-21(20)29-22)31-25(34)10-8-19-7-9-23(28-18-19)30-24(33)11-12-26(35)32-13-15-36-16-14-32/h3-10,17-18,29H,11-16H2,1-2H3,(H,31,34)(H,28,30,33). The summed E-state index contributed by atoms with van der Waals surface area (Å²) in [6.07, 6.45) is 4.93. The Morgan fingerprint density at radius 1 is 1.11 bits per heavy atom. The van der Waals surface area contributed by atoms with Crippen molar-refractivity contribution in [1.29, 1.82) is 0 Å². The van der Waals surface area contributed by atoms with Crippen molar-refractivity contribution in [2.75, 3.05) is 31.6 Å². The van der Waals surface area contributed by atoms with E-state index in [1.807, 2.05) is 44.2 Å². The molecular weight excluding hydrogens is 458 g/mol. The average Bonchev–Trinajstić information content (AvgIpc) is 3.33. The number of nitrogens with zero attached hydrogens (tertiary/aromatic N) is 2. The molecule has 1 fully saturated rings. The summed E-state index contributed by atoms with van der Waals surface area (Å²) in [4.78, 5) is 46.2. The Morgan fingerprint density at radius 3 is 2.61 bits per heavy atom. The Labute approximate surface area is 209 Å². The second kappa shape index (κ2) is 11.2. The van der Waals surface area contributed by atoms with E-state index in [4.69, 9.17) is 4.74 Å². The number of hydrogen-bond acceptors (Lipinski definition) is 5. The first-order chi connectivity index (χ1) is 17.3. The largest absolute Gasteiger partial charge is 0.378 e. The molecule has 3 amide bonds. The SMILES string of the molecule is CC(C)(NC(=O)C=Cc1ccc(NC(=O)CCC(=O)N2CCOCC2)nc1)c1cc2ccccc2[nH]1. The molecule has 188 valence electrons. The maximum atomic E-state index is 12.5. The van der Waals surface area contributed by atoms with Crippen molar-refractivity contribution >= 4 is 40.5 Å². The molecule has 1 aliphatic heterocycles. The molecule has 0 saturated carbocycles. The lowest BCUT2D eigenvalue weighted by Crippen LogP contribution is -2.40. The summed E-state index contributed by atoms with van der Waals surface area (Å²) in [5, 5.41) is 6.81. The van der Waals surface area contributed by atoms with Gasteiger partial charge in [0.25, 0.3) is 0 Å². The second-order valence-corrected chi connectivity index (χ2v) is 9.24. The van der Waals surface area contributed by atoms with Crippen molar-refractivity contribution < 1.29 is 19.1 Å². The van der Waals surface area contributed by atoms with Gasteiger partial charge in [-0.05, 0) is 55.1 Å². The minimum atomic E-state index is -0.587. The maximum absolute atomic E-state index is 12.5. The van der Waals surface area contributed by atoms with Gasteiger partial charge in [0.15, 0.2) is 0 Å². The normalized spacial score (nSPS) is 14.2. The Kier molecular flexibility index (Phi) is 7.80. The monoisotopic (exact) mass is 489 g/mol. The van der Waals surface area contributed by atoms with Crippen molar-refractivity contribution in [3.05, 3.63) is 66.0 Å². The Bertz CT molecular complexity index is 1220. The summed E-state index contributed by atoms with van der Waals surface area (Å²) in [7, 11) is 0. The highest BCUT2D eigenvalue weighted by atomic mass is 16.5. The van der Waals surface area contributed by atoms with E-state index in [1.54, 1.807) is 29.3 Å². The molecule has 0 bridgehead atoms. The van der Waals surface area contributed by atoms with Crippen LogP contribution in [0.2, 0.25) is 0 Å². The van der Waals surface area contributed by atoms with E-state index in [2.05, 4.69) is 20.6 Å². The van der Waals surface area contributed by atoms with E-state index in [0.717, 1.165) is 16.6 Å². The van der Waals surface area contributed by atoms with E-state index in [1.165, 1.54) is 6.08 Å². The number of aromatic nitrogens is 2. The predicted molar refractivity (Wildman–Crippen MR) is 138 cm³/mol. The molecule has 3 heterocycles. The number of H-pyrrole nitrogens is 1. The third kappa shape index (κ3) is 6.57. The molecule has 9 nitrogen and oxygen atoms in total. The number of anilines is 1. The number of ether oxygens (including phenoxy) is 1. The third-order valence-corrected chi connectivity index (χ3v) is 6.05. The first-order valence-electron chi connectivity index (χ1n) is 12.0. The zero-order valence-corrected chi connectivity index (χ0v) is 20.5. The third-order valence-electron chi connectivity index (χ3n) is 6.05. The van der Waals surface area contributed by atoms with Crippen LogP contribution in [-0.4, -0.2) is 58.9 Å². The maximum Gasteiger partial charge on any atom is 0.244 e. The lowest BCUT2D eigenvalue weighted by molar-refractivity contribution is -0.136. The fraction of sp³-hybridized carbons (Fsp3) is 0.333. The summed E-state index contributed by atoms with van der Waals surface area (Å²) in [5.41, 5.74) is 2.07. The van der Waals surface area contributed by atoms with Crippen LogP contribution >= 0.6 is 0 Å². The molecule has 2 aromatic heterocycles. The van der Waals surface area contributed by atoms with Gasteiger partial charge in [-0.25, -0.2) is 4.98 Å². The van der Waals surface area contributed by atoms with Crippen LogP contribution in [0.5, 0.6) is 0 Å². The number of carbonyl (C=O) groups excluding carboxylic acids is 3. The van der Waals surface area contributed by atoms with Crippen LogP contribution in [0.3, 0.4) is 0 Å². The van der Waals surface area contributed by atoms with Crippen LogP contribution in [-0.2, 0) is 24.7 Å². The summed E-state index contributed by atoms with van der Waals surface area (Å²) in [6.45, 7) is 6.08. The topological polar surface area (TPSA) is 116 Å². The van der Waals surface area contributed by atoms with Crippen LogP contribution in [0.15, 0.2) is 54.7 Å². The molecule has 1 aliphatic rings. The van der Waals surface area contributed by atoms with E-state index < -0.39 is 5.54 Å². The molecule has 0 radical (unpaired) electrons. The van der Waals surface area contributed by atoms with E-state index in [-0.39, 0.29) is 30.6 Å². The molecule has 1 saturated heterocycles. The number of pyridine rings is 1. The van der Waals surface area contributed by atoms with Crippen molar-refractivity contribution in [2.24, 2.45) is 0 Å².